The zero-order chi connectivity index (χ0) is 13.1. The monoisotopic (exact) mass is 254 g/mol. The van der Waals surface area contributed by atoms with Gasteiger partial charge in [0.2, 0.25) is 5.91 Å². The van der Waals surface area contributed by atoms with Crippen molar-refractivity contribution in [1.82, 2.24) is 10.2 Å². The Morgan fingerprint density at radius 1 is 1.11 bits per heavy atom. The van der Waals surface area contributed by atoms with Crippen LogP contribution in [-0.4, -0.2) is 40.5 Å². The van der Waals surface area contributed by atoms with Gasteiger partial charge < -0.3 is 10.0 Å². The zero-order valence-corrected chi connectivity index (χ0v) is 10.2. The molecule has 100 valence electrons. The first kappa shape index (κ1) is 12.9. The van der Waals surface area contributed by atoms with Crippen molar-refractivity contribution in [2.75, 3.05) is 6.54 Å². The molecule has 0 aliphatic heterocycles. The Morgan fingerprint density at radius 3 is 2.28 bits per heavy atom. The van der Waals surface area contributed by atoms with Crippen LogP contribution in [0.15, 0.2) is 0 Å². The van der Waals surface area contributed by atoms with E-state index >= 15 is 0 Å². The van der Waals surface area contributed by atoms with Gasteiger partial charge in [-0.25, -0.2) is 4.79 Å². The number of rotatable bonds is 6. The number of carboxylic acid groups (broad SMARTS) is 1. The Morgan fingerprint density at radius 2 is 1.78 bits per heavy atom. The van der Waals surface area contributed by atoms with Gasteiger partial charge in [-0.2, -0.15) is 0 Å². The first-order valence-electron chi connectivity index (χ1n) is 6.38. The number of hydrogen-bond donors (Lipinski definition) is 2. The summed E-state index contributed by atoms with van der Waals surface area (Å²) in [6, 6.07) is -0.0855. The number of carbonyl (C=O) groups excluding carboxylic acids is 2. The van der Waals surface area contributed by atoms with Crippen molar-refractivity contribution < 1.29 is 19.5 Å². The molecule has 0 unspecified atom stereocenters. The van der Waals surface area contributed by atoms with Gasteiger partial charge in [0.1, 0.15) is 0 Å². The van der Waals surface area contributed by atoms with Gasteiger partial charge in [-0.05, 0) is 31.6 Å². The normalized spacial score (nSPS) is 18.2. The standard InChI is InChI=1S/C12H18N2O4/c15-10(5-6-11(16)17)13-12(18)14(9-3-4-9)7-8-1-2-8/h8-9H,1-7H2,(H,16,17)(H,13,15,18). The molecule has 0 saturated heterocycles. The molecular weight excluding hydrogens is 236 g/mol. The van der Waals surface area contributed by atoms with E-state index in [9.17, 15) is 14.4 Å². The third kappa shape index (κ3) is 4.01. The quantitative estimate of drug-likeness (QED) is 0.739. The number of aliphatic carboxylic acids is 1. The Labute approximate surface area is 105 Å². The summed E-state index contributed by atoms with van der Waals surface area (Å²) < 4.78 is 0. The molecular formula is C12H18N2O4. The molecule has 0 atom stereocenters. The fourth-order valence-corrected chi connectivity index (χ4v) is 1.84. The van der Waals surface area contributed by atoms with Gasteiger partial charge in [0.15, 0.2) is 0 Å². The molecule has 6 nitrogen and oxygen atoms in total. The summed E-state index contributed by atoms with van der Waals surface area (Å²) in [4.78, 5) is 35.3. The van der Waals surface area contributed by atoms with Crippen molar-refractivity contribution in [3.8, 4) is 0 Å². The van der Waals surface area contributed by atoms with Gasteiger partial charge in [0.25, 0.3) is 0 Å². The lowest BCUT2D eigenvalue weighted by Gasteiger charge is -2.22. The van der Waals surface area contributed by atoms with Crippen molar-refractivity contribution in [2.24, 2.45) is 5.92 Å². The van der Waals surface area contributed by atoms with Crippen LogP contribution in [-0.2, 0) is 9.59 Å². The minimum atomic E-state index is -1.03. The molecule has 0 aromatic heterocycles. The Hall–Kier alpha value is -1.59. The molecule has 0 aromatic rings. The van der Waals surface area contributed by atoms with Crippen LogP contribution in [0.1, 0.15) is 38.5 Å². The number of amides is 3. The van der Waals surface area contributed by atoms with Gasteiger partial charge in [0.05, 0.1) is 6.42 Å². The van der Waals surface area contributed by atoms with Crippen LogP contribution in [0, 0.1) is 5.92 Å². The van der Waals surface area contributed by atoms with Crippen LogP contribution in [0.25, 0.3) is 0 Å². The molecule has 2 aliphatic carbocycles. The molecule has 3 amide bonds. The maximum Gasteiger partial charge on any atom is 0.324 e. The van der Waals surface area contributed by atoms with E-state index in [-0.39, 0.29) is 24.9 Å². The number of imide groups is 1. The highest BCUT2D eigenvalue weighted by Crippen LogP contribution is 2.34. The lowest BCUT2D eigenvalue weighted by molar-refractivity contribution is -0.138. The molecule has 0 radical (unpaired) electrons. The second-order valence-electron chi connectivity index (χ2n) is 5.07. The van der Waals surface area contributed by atoms with Crippen molar-refractivity contribution >= 4 is 17.9 Å². The third-order valence-corrected chi connectivity index (χ3v) is 3.21. The summed E-state index contributed by atoms with van der Waals surface area (Å²) in [5.74, 6) is -0.955. The van der Waals surface area contributed by atoms with Crippen LogP contribution in [0.3, 0.4) is 0 Å². The van der Waals surface area contributed by atoms with Crippen molar-refractivity contribution in [2.45, 2.75) is 44.6 Å². The second-order valence-corrected chi connectivity index (χ2v) is 5.07. The lowest BCUT2D eigenvalue weighted by Crippen LogP contribution is -2.45. The SMILES string of the molecule is O=C(O)CCC(=O)NC(=O)N(CC1CC1)C1CC1. The molecule has 0 aromatic carbocycles. The molecule has 2 N–H and O–H groups in total. The van der Waals surface area contributed by atoms with Crippen molar-refractivity contribution in [1.29, 1.82) is 0 Å². The summed E-state index contributed by atoms with van der Waals surface area (Å²) in [5, 5.41) is 10.7. The predicted molar refractivity (Wildman–Crippen MR) is 62.9 cm³/mol. The molecule has 2 aliphatic rings. The summed E-state index contributed by atoms with van der Waals surface area (Å²) in [7, 11) is 0. The van der Waals surface area contributed by atoms with Crippen LogP contribution in [0.2, 0.25) is 0 Å². The van der Waals surface area contributed by atoms with E-state index in [1.165, 1.54) is 0 Å². The van der Waals surface area contributed by atoms with Gasteiger partial charge in [-0.3, -0.25) is 14.9 Å². The molecule has 2 saturated carbocycles. The number of nitrogens with zero attached hydrogens (tertiary/aromatic N) is 1. The minimum Gasteiger partial charge on any atom is -0.481 e. The second kappa shape index (κ2) is 5.37. The molecule has 2 rings (SSSR count). The topological polar surface area (TPSA) is 86.7 Å². The summed E-state index contributed by atoms with van der Waals surface area (Å²) >= 11 is 0. The molecule has 2 fully saturated rings. The van der Waals surface area contributed by atoms with E-state index in [0.29, 0.717) is 5.92 Å². The van der Waals surface area contributed by atoms with E-state index in [2.05, 4.69) is 5.32 Å². The van der Waals surface area contributed by atoms with E-state index < -0.39 is 11.9 Å². The van der Waals surface area contributed by atoms with E-state index in [0.717, 1.165) is 32.2 Å². The molecule has 18 heavy (non-hydrogen) atoms. The largest absolute Gasteiger partial charge is 0.481 e. The van der Waals surface area contributed by atoms with Gasteiger partial charge in [-0.1, -0.05) is 0 Å². The molecule has 0 spiro atoms. The van der Waals surface area contributed by atoms with Crippen LogP contribution < -0.4 is 5.32 Å². The first-order valence-corrected chi connectivity index (χ1v) is 6.38. The zero-order valence-electron chi connectivity index (χ0n) is 10.2. The molecule has 6 heteroatoms. The van der Waals surface area contributed by atoms with Crippen LogP contribution >= 0.6 is 0 Å². The summed E-state index contributed by atoms with van der Waals surface area (Å²) in [5.41, 5.74) is 0. The number of nitrogens with one attached hydrogen (secondary N) is 1. The maximum absolute atomic E-state index is 11.9. The number of carboxylic acids is 1. The van der Waals surface area contributed by atoms with Gasteiger partial charge in [0, 0.05) is 19.0 Å². The van der Waals surface area contributed by atoms with E-state index in [1.807, 2.05) is 0 Å². The van der Waals surface area contributed by atoms with Crippen LogP contribution in [0.5, 0.6) is 0 Å². The minimum absolute atomic E-state index is 0.150. The average molecular weight is 254 g/mol. The van der Waals surface area contributed by atoms with Crippen LogP contribution in [0.4, 0.5) is 4.79 Å². The van der Waals surface area contributed by atoms with E-state index in [4.69, 9.17) is 5.11 Å². The number of carbonyl (C=O) groups is 3. The fraction of sp³-hybridized carbons (Fsp3) is 0.750. The summed E-state index contributed by atoms with van der Waals surface area (Å²) in [6.07, 6.45) is 3.92. The Bertz CT molecular complexity index is 361. The fourth-order valence-electron chi connectivity index (χ4n) is 1.84. The smallest absolute Gasteiger partial charge is 0.324 e. The molecule has 0 heterocycles. The highest BCUT2D eigenvalue weighted by molar-refractivity contribution is 5.95. The third-order valence-electron chi connectivity index (χ3n) is 3.21. The number of urea groups is 1. The summed E-state index contributed by atoms with van der Waals surface area (Å²) in [6.45, 7) is 0.725. The van der Waals surface area contributed by atoms with E-state index in [1.54, 1.807) is 4.90 Å². The van der Waals surface area contributed by atoms with Gasteiger partial charge in [-0.15, -0.1) is 0 Å². The highest BCUT2D eigenvalue weighted by atomic mass is 16.4. The Kier molecular flexibility index (Phi) is 3.84. The Balaban J connectivity index is 1.76. The lowest BCUT2D eigenvalue weighted by atomic mass is 10.3. The van der Waals surface area contributed by atoms with Crippen molar-refractivity contribution in [3.63, 3.8) is 0 Å². The number of hydrogen-bond acceptors (Lipinski definition) is 3. The highest BCUT2D eigenvalue weighted by Gasteiger charge is 2.36. The first-order chi connectivity index (χ1) is 8.56. The predicted octanol–water partition coefficient (Wildman–Crippen LogP) is 0.962. The van der Waals surface area contributed by atoms with Crippen molar-refractivity contribution in [3.05, 3.63) is 0 Å². The molecule has 0 bridgehead atoms. The maximum atomic E-state index is 11.9. The average Bonchev–Trinajstić information content (AvgIpc) is 3.13. The van der Waals surface area contributed by atoms with Gasteiger partial charge >= 0.3 is 12.0 Å².